The van der Waals surface area contributed by atoms with Crippen molar-refractivity contribution in [2.24, 2.45) is 0 Å². The molecule has 0 heterocycles. The van der Waals surface area contributed by atoms with E-state index in [-0.39, 0.29) is 11.1 Å². The molecule has 0 bridgehead atoms. The van der Waals surface area contributed by atoms with Gasteiger partial charge in [-0.05, 0) is 42.5 Å². The van der Waals surface area contributed by atoms with E-state index in [1.165, 1.54) is 37.4 Å². The molecular weight excluding hydrogens is 286 g/mol. The lowest BCUT2D eigenvalue weighted by Gasteiger charge is -2.07. The van der Waals surface area contributed by atoms with Gasteiger partial charge in [-0.1, -0.05) is 6.07 Å². The lowest BCUT2D eigenvalue weighted by molar-refractivity contribution is 0.0599. The van der Waals surface area contributed by atoms with Crippen LogP contribution in [0.25, 0.3) is 0 Å². The lowest BCUT2D eigenvalue weighted by Crippen LogP contribution is -2.13. The van der Waals surface area contributed by atoms with Crippen molar-refractivity contribution in [3.8, 4) is 0 Å². The summed E-state index contributed by atoms with van der Waals surface area (Å²) in [5.74, 6) is -1.97. The Morgan fingerprint density at radius 2 is 1.59 bits per heavy atom. The Kier molecular flexibility index (Phi) is 4.53. The number of nitrogens with one attached hydrogen (secondary N) is 1. The van der Waals surface area contributed by atoms with Gasteiger partial charge in [0.05, 0.1) is 18.2 Å². The van der Waals surface area contributed by atoms with Crippen molar-refractivity contribution in [1.82, 2.24) is 0 Å². The van der Waals surface area contributed by atoms with Crippen LogP contribution in [0.4, 0.5) is 5.69 Å². The van der Waals surface area contributed by atoms with Gasteiger partial charge < -0.3 is 15.2 Å². The highest BCUT2D eigenvalue weighted by Crippen LogP contribution is 2.13. The van der Waals surface area contributed by atoms with Crippen LogP contribution < -0.4 is 5.32 Å². The van der Waals surface area contributed by atoms with E-state index in [2.05, 4.69) is 10.1 Å². The van der Waals surface area contributed by atoms with Gasteiger partial charge in [-0.3, -0.25) is 4.79 Å². The number of carbonyl (C=O) groups is 3. The minimum atomic E-state index is -1.04. The molecule has 2 rings (SSSR count). The Labute approximate surface area is 126 Å². The first-order valence-corrected chi connectivity index (χ1v) is 6.34. The second-order valence-corrected chi connectivity index (χ2v) is 4.41. The van der Waals surface area contributed by atoms with Gasteiger partial charge in [-0.15, -0.1) is 0 Å². The number of anilines is 1. The Hall–Kier alpha value is -3.15. The molecule has 0 fully saturated rings. The molecule has 6 heteroatoms. The summed E-state index contributed by atoms with van der Waals surface area (Å²) < 4.78 is 4.60. The molecule has 22 heavy (non-hydrogen) atoms. The van der Waals surface area contributed by atoms with Crippen molar-refractivity contribution in [2.75, 3.05) is 12.4 Å². The summed E-state index contributed by atoms with van der Waals surface area (Å²) in [6, 6.07) is 11.9. The van der Waals surface area contributed by atoms with Gasteiger partial charge in [0.15, 0.2) is 0 Å². The van der Waals surface area contributed by atoms with Gasteiger partial charge in [-0.2, -0.15) is 0 Å². The molecule has 0 saturated heterocycles. The number of aromatic carboxylic acids is 1. The third-order valence-electron chi connectivity index (χ3n) is 2.94. The molecule has 6 nitrogen and oxygen atoms in total. The molecule has 0 spiro atoms. The standard InChI is InChI=1S/C16H13NO5/c1-22-16(21)12-4-2-3-11(9-12)14(18)17-13-7-5-10(6-8-13)15(19)20/h2-9H,1H3,(H,17,18)(H,19,20). The average molecular weight is 299 g/mol. The monoisotopic (exact) mass is 299 g/mol. The number of ether oxygens (including phenoxy) is 1. The molecule has 2 aromatic rings. The Morgan fingerprint density at radius 3 is 2.18 bits per heavy atom. The van der Waals surface area contributed by atoms with E-state index < -0.39 is 17.8 Å². The third-order valence-corrected chi connectivity index (χ3v) is 2.94. The zero-order valence-corrected chi connectivity index (χ0v) is 11.7. The minimum absolute atomic E-state index is 0.130. The summed E-state index contributed by atoms with van der Waals surface area (Å²) >= 11 is 0. The van der Waals surface area contributed by atoms with Crippen molar-refractivity contribution in [1.29, 1.82) is 0 Å². The van der Waals surface area contributed by atoms with Gasteiger partial charge in [0.1, 0.15) is 0 Å². The van der Waals surface area contributed by atoms with E-state index in [9.17, 15) is 14.4 Å². The number of hydrogen-bond donors (Lipinski definition) is 2. The molecular formula is C16H13NO5. The van der Waals surface area contributed by atoms with Gasteiger partial charge in [0.2, 0.25) is 0 Å². The van der Waals surface area contributed by atoms with Crippen molar-refractivity contribution in [2.45, 2.75) is 0 Å². The number of hydrogen-bond acceptors (Lipinski definition) is 4. The summed E-state index contributed by atoms with van der Waals surface area (Å²) in [4.78, 5) is 34.3. The quantitative estimate of drug-likeness (QED) is 0.846. The maximum Gasteiger partial charge on any atom is 0.337 e. The summed E-state index contributed by atoms with van der Waals surface area (Å²) in [6.07, 6.45) is 0. The van der Waals surface area contributed by atoms with E-state index in [1.54, 1.807) is 18.2 Å². The molecule has 112 valence electrons. The smallest absolute Gasteiger partial charge is 0.337 e. The largest absolute Gasteiger partial charge is 0.478 e. The zero-order valence-electron chi connectivity index (χ0n) is 11.7. The summed E-state index contributed by atoms with van der Waals surface area (Å²) in [5.41, 5.74) is 1.16. The van der Waals surface area contributed by atoms with E-state index in [0.717, 1.165) is 0 Å². The highest BCUT2D eigenvalue weighted by atomic mass is 16.5. The predicted molar refractivity (Wildman–Crippen MR) is 79.1 cm³/mol. The van der Waals surface area contributed by atoms with Crippen molar-refractivity contribution in [3.63, 3.8) is 0 Å². The minimum Gasteiger partial charge on any atom is -0.478 e. The van der Waals surface area contributed by atoms with Crippen molar-refractivity contribution in [3.05, 3.63) is 65.2 Å². The van der Waals surface area contributed by atoms with Crippen LogP contribution in [0.3, 0.4) is 0 Å². The predicted octanol–water partition coefficient (Wildman–Crippen LogP) is 2.42. The second kappa shape index (κ2) is 6.53. The summed E-state index contributed by atoms with van der Waals surface area (Å²) in [7, 11) is 1.26. The summed E-state index contributed by atoms with van der Waals surface area (Å²) in [6.45, 7) is 0. The number of carbonyl (C=O) groups excluding carboxylic acids is 2. The second-order valence-electron chi connectivity index (χ2n) is 4.41. The van der Waals surface area contributed by atoms with Gasteiger partial charge in [0, 0.05) is 11.3 Å². The Bertz CT molecular complexity index is 722. The highest BCUT2D eigenvalue weighted by molar-refractivity contribution is 6.05. The molecule has 0 aliphatic carbocycles. The fourth-order valence-electron chi connectivity index (χ4n) is 1.80. The molecule has 0 aliphatic heterocycles. The fraction of sp³-hybridized carbons (Fsp3) is 0.0625. The van der Waals surface area contributed by atoms with Gasteiger partial charge >= 0.3 is 11.9 Å². The number of methoxy groups -OCH3 is 1. The maximum atomic E-state index is 12.1. The number of carboxylic acids is 1. The van der Waals surface area contributed by atoms with Crippen LogP contribution in [-0.2, 0) is 4.74 Å². The molecule has 0 saturated carbocycles. The third kappa shape index (κ3) is 3.49. The fourth-order valence-corrected chi connectivity index (χ4v) is 1.80. The van der Waals surface area contributed by atoms with Crippen molar-refractivity contribution < 1.29 is 24.2 Å². The highest BCUT2D eigenvalue weighted by Gasteiger charge is 2.11. The number of rotatable bonds is 4. The molecule has 0 atom stereocenters. The normalized spacial score (nSPS) is 9.86. The number of benzene rings is 2. The number of esters is 1. The van der Waals surface area contributed by atoms with Crippen LogP contribution in [0.1, 0.15) is 31.1 Å². The first-order chi connectivity index (χ1) is 10.5. The van der Waals surface area contributed by atoms with Crippen LogP contribution in [0.15, 0.2) is 48.5 Å². The lowest BCUT2D eigenvalue weighted by atomic mass is 10.1. The van der Waals surface area contributed by atoms with Gasteiger partial charge in [0.25, 0.3) is 5.91 Å². The van der Waals surface area contributed by atoms with E-state index in [4.69, 9.17) is 5.11 Å². The number of carboxylic acid groups (broad SMARTS) is 1. The Balaban J connectivity index is 2.15. The van der Waals surface area contributed by atoms with E-state index in [1.807, 2.05) is 0 Å². The molecule has 1 amide bonds. The molecule has 2 aromatic carbocycles. The Morgan fingerprint density at radius 1 is 0.955 bits per heavy atom. The van der Waals surface area contributed by atoms with Crippen LogP contribution in [0.2, 0.25) is 0 Å². The first kappa shape index (κ1) is 15.2. The van der Waals surface area contributed by atoms with Crippen molar-refractivity contribution >= 4 is 23.5 Å². The average Bonchev–Trinajstić information content (AvgIpc) is 2.54. The number of amides is 1. The zero-order chi connectivity index (χ0) is 16.1. The van der Waals surface area contributed by atoms with Crippen LogP contribution >= 0.6 is 0 Å². The maximum absolute atomic E-state index is 12.1. The molecule has 2 N–H and O–H groups in total. The van der Waals surface area contributed by atoms with Crippen LogP contribution in [-0.4, -0.2) is 30.1 Å². The topological polar surface area (TPSA) is 92.7 Å². The van der Waals surface area contributed by atoms with Crippen LogP contribution in [0.5, 0.6) is 0 Å². The first-order valence-electron chi connectivity index (χ1n) is 6.34. The van der Waals surface area contributed by atoms with Gasteiger partial charge in [-0.25, -0.2) is 9.59 Å². The molecule has 0 unspecified atom stereocenters. The van der Waals surface area contributed by atoms with E-state index >= 15 is 0 Å². The summed E-state index contributed by atoms with van der Waals surface area (Å²) in [5, 5.41) is 11.4. The molecule has 0 radical (unpaired) electrons. The van der Waals surface area contributed by atoms with Crippen LogP contribution in [0, 0.1) is 0 Å². The molecule has 0 aliphatic rings. The van der Waals surface area contributed by atoms with E-state index in [0.29, 0.717) is 11.3 Å². The molecule has 0 aromatic heterocycles. The SMILES string of the molecule is COC(=O)c1cccc(C(=O)Nc2ccc(C(=O)O)cc2)c1.